The van der Waals surface area contributed by atoms with E-state index in [2.05, 4.69) is 11.9 Å². The van der Waals surface area contributed by atoms with Gasteiger partial charge in [-0.2, -0.15) is 0 Å². The Hall–Kier alpha value is -1.12. The zero-order valence-electron chi connectivity index (χ0n) is 5.93. The van der Waals surface area contributed by atoms with E-state index in [4.69, 9.17) is 0 Å². The van der Waals surface area contributed by atoms with Crippen LogP contribution >= 0.6 is 0 Å². The van der Waals surface area contributed by atoms with Crippen molar-refractivity contribution in [1.29, 1.82) is 0 Å². The summed E-state index contributed by atoms with van der Waals surface area (Å²) >= 11 is 0. The lowest BCUT2D eigenvalue weighted by Gasteiger charge is -2.20. The summed E-state index contributed by atoms with van der Waals surface area (Å²) in [5.74, 6) is -0.224. The van der Waals surface area contributed by atoms with Gasteiger partial charge in [-0.25, -0.2) is 4.39 Å². The van der Waals surface area contributed by atoms with Gasteiger partial charge in [0.05, 0.1) is 5.54 Å². The van der Waals surface area contributed by atoms with Gasteiger partial charge in [0, 0.05) is 12.5 Å². The maximum Gasteiger partial charge on any atom is 0.244 e. The van der Waals surface area contributed by atoms with Gasteiger partial charge in [-0.15, -0.1) is 0 Å². The first-order chi connectivity index (χ1) is 5.15. The number of carbonyl (C=O) groups is 1. The average molecular weight is 153 g/mol. The number of halogens is 1. The molecule has 0 bridgehead atoms. The van der Waals surface area contributed by atoms with E-state index in [1.165, 1.54) is 6.08 Å². The summed E-state index contributed by atoms with van der Waals surface area (Å²) in [5, 5.41) is 2.57. The van der Waals surface area contributed by atoms with Crippen molar-refractivity contribution in [2.45, 2.75) is 18.1 Å². The van der Waals surface area contributed by atoms with E-state index in [0.29, 0.717) is 12.0 Å². The van der Waals surface area contributed by atoms with Crippen LogP contribution in [0.1, 0.15) is 6.42 Å². The molecule has 11 heavy (non-hydrogen) atoms. The molecule has 58 valence electrons. The minimum atomic E-state index is -0.941. The van der Waals surface area contributed by atoms with Gasteiger partial charge in [0.25, 0.3) is 0 Å². The molecule has 2 rings (SSSR count). The normalized spacial score (nSPS) is 41.0. The Bertz CT molecular complexity index is 271. The molecular weight excluding hydrogens is 145 g/mol. The van der Waals surface area contributed by atoms with Crippen LogP contribution in [0.2, 0.25) is 0 Å². The first-order valence-electron chi connectivity index (χ1n) is 3.49. The van der Waals surface area contributed by atoms with Crippen LogP contribution < -0.4 is 5.32 Å². The first kappa shape index (κ1) is 6.58. The number of amides is 1. The van der Waals surface area contributed by atoms with Gasteiger partial charge in [-0.05, 0) is 5.57 Å². The van der Waals surface area contributed by atoms with Crippen molar-refractivity contribution in [3.63, 3.8) is 0 Å². The Morgan fingerprint density at radius 1 is 1.73 bits per heavy atom. The molecule has 2 nitrogen and oxygen atoms in total. The van der Waals surface area contributed by atoms with Gasteiger partial charge >= 0.3 is 0 Å². The molecule has 1 amide bonds. The SMILES string of the molecule is C=C1C=CC(=O)NC12CC2F. The summed E-state index contributed by atoms with van der Waals surface area (Å²) in [6, 6.07) is 0. The fourth-order valence-corrected chi connectivity index (χ4v) is 1.35. The fourth-order valence-electron chi connectivity index (χ4n) is 1.35. The zero-order valence-corrected chi connectivity index (χ0v) is 5.93. The van der Waals surface area contributed by atoms with Crippen molar-refractivity contribution in [3.8, 4) is 0 Å². The highest BCUT2D eigenvalue weighted by atomic mass is 19.1. The lowest BCUT2D eigenvalue weighted by molar-refractivity contribution is -0.117. The van der Waals surface area contributed by atoms with Crippen molar-refractivity contribution in [1.82, 2.24) is 5.32 Å². The monoisotopic (exact) mass is 153 g/mol. The number of alkyl halides is 1. The highest BCUT2D eigenvalue weighted by Crippen LogP contribution is 2.46. The minimum Gasteiger partial charge on any atom is -0.340 e. The topological polar surface area (TPSA) is 29.1 Å². The summed E-state index contributed by atoms with van der Waals surface area (Å²) in [6.07, 6.45) is 2.39. The molecule has 1 saturated carbocycles. The van der Waals surface area contributed by atoms with E-state index in [9.17, 15) is 9.18 Å². The number of rotatable bonds is 0. The average Bonchev–Trinajstić information content (AvgIpc) is 2.55. The number of hydrogen-bond acceptors (Lipinski definition) is 1. The van der Waals surface area contributed by atoms with Crippen LogP contribution in [0.15, 0.2) is 24.3 Å². The summed E-state index contributed by atoms with van der Waals surface area (Å²) in [7, 11) is 0. The molecule has 0 radical (unpaired) electrons. The van der Waals surface area contributed by atoms with Crippen LogP contribution in [0.4, 0.5) is 4.39 Å². The standard InChI is InChI=1S/C8H8FNO/c1-5-2-3-7(11)10-8(5)4-6(8)9/h2-3,6H,1,4H2,(H,10,11). The third-order valence-electron chi connectivity index (χ3n) is 2.23. The van der Waals surface area contributed by atoms with Crippen molar-refractivity contribution >= 4 is 5.91 Å². The van der Waals surface area contributed by atoms with E-state index >= 15 is 0 Å². The van der Waals surface area contributed by atoms with Crippen molar-refractivity contribution in [3.05, 3.63) is 24.3 Å². The maximum absolute atomic E-state index is 12.8. The molecule has 0 aromatic carbocycles. The van der Waals surface area contributed by atoms with Crippen LogP contribution in [0.25, 0.3) is 0 Å². The highest BCUT2D eigenvalue weighted by Gasteiger charge is 2.58. The van der Waals surface area contributed by atoms with E-state index in [1.54, 1.807) is 6.08 Å². The van der Waals surface area contributed by atoms with E-state index in [-0.39, 0.29) is 5.91 Å². The molecule has 0 aromatic rings. The van der Waals surface area contributed by atoms with Gasteiger partial charge in [0.15, 0.2) is 0 Å². The smallest absolute Gasteiger partial charge is 0.244 e. The lowest BCUT2D eigenvalue weighted by atomic mass is 10.0. The minimum absolute atomic E-state index is 0.224. The van der Waals surface area contributed by atoms with Crippen LogP contribution in [-0.2, 0) is 4.79 Å². The lowest BCUT2D eigenvalue weighted by Crippen LogP contribution is -2.41. The molecular formula is C8H8FNO. The van der Waals surface area contributed by atoms with Gasteiger partial charge in [0.2, 0.25) is 5.91 Å². The molecule has 1 spiro atoms. The van der Waals surface area contributed by atoms with Crippen LogP contribution in [0.5, 0.6) is 0 Å². The molecule has 1 N–H and O–H groups in total. The maximum atomic E-state index is 12.8. The van der Waals surface area contributed by atoms with E-state index in [1.807, 2.05) is 0 Å². The predicted molar refractivity (Wildman–Crippen MR) is 38.7 cm³/mol. The van der Waals surface area contributed by atoms with Gasteiger partial charge in [-0.1, -0.05) is 12.7 Å². The van der Waals surface area contributed by atoms with Gasteiger partial charge in [-0.3, -0.25) is 4.79 Å². The van der Waals surface area contributed by atoms with Crippen molar-refractivity contribution in [2.75, 3.05) is 0 Å². The molecule has 1 fully saturated rings. The molecule has 1 aliphatic heterocycles. The molecule has 2 atom stereocenters. The predicted octanol–water partition coefficient (Wildman–Crippen LogP) is 0.709. The van der Waals surface area contributed by atoms with Gasteiger partial charge in [0.1, 0.15) is 6.17 Å². The Labute approximate surface area is 63.8 Å². The number of nitrogens with one attached hydrogen (secondary N) is 1. The van der Waals surface area contributed by atoms with Gasteiger partial charge < -0.3 is 5.32 Å². The second-order valence-electron chi connectivity index (χ2n) is 2.99. The number of hydrogen-bond donors (Lipinski definition) is 1. The van der Waals surface area contributed by atoms with E-state index < -0.39 is 11.7 Å². The summed E-state index contributed by atoms with van der Waals surface area (Å²) in [6.45, 7) is 3.67. The second-order valence-corrected chi connectivity index (χ2v) is 2.99. The first-order valence-corrected chi connectivity index (χ1v) is 3.49. The fraction of sp³-hybridized carbons (Fsp3) is 0.375. The summed E-state index contributed by atoms with van der Waals surface area (Å²) in [5.41, 5.74) is -0.0594. The molecule has 3 heteroatoms. The molecule has 0 aromatic heterocycles. The van der Waals surface area contributed by atoms with Crippen molar-refractivity contribution in [2.24, 2.45) is 0 Å². The zero-order chi connectivity index (χ0) is 8.06. The Morgan fingerprint density at radius 3 is 2.82 bits per heavy atom. The third-order valence-corrected chi connectivity index (χ3v) is 2.23. The molecule has 2 aliphatic rings. The Kier molecular flexibility index (Phi) is 1.03. The van der Waals surface area contributed by atoms with Crippen molar-refractivity contribution < 1.29 is 9.18 Å². The van der Waals surface area contributed by atoms with E-state index in [0.717, 1.165) is 0 Å². The van der Waals surface area contributed by atoms with Crippen LogP contribution in [0.3, 0.4) is 0 Å². The summed E-state index contributed by atoms with van der Waals surface area (Å²) < 4.78 is 12.8. The second kappa shape index (κ2) is 1.72. The van der Waals surface area contributed by atoms with Crippen LogP contribution in [0, 0.1) is 0 Å². The molecule has 1 heterocycles. The highest BCUT2D eigenvalue weighted by molar-refractivity contribution is 5.91. The molecule has 2 unspecified atom stereocenters. The third kappa shape index (κ3) is 0.737. The molecule has 1 aliphatic carbocycles. The summed E-state index contributed by atoms with van der Waals surface area (Å²) in [4.78, 5) is 10.8. The Morgan fingerprint density at radius 2 is 2.36 bits per heavy atom. The molecule has 0 saturated heterocycles. The number of carbonyl (C=O) groups excluding carboxylic acids is 1. The Balaban J connectivity index is 2.31. The largest absolute Gasteiger partial charge is 0.340 e. The van der Waals surface area contributed by atoms with Crippen LogP contribution in [-0.4, -0.2) is 17.6 Å². The quantitative estimate of drug-likeness (QED) is 0.545.